The van der Waals surface area contributed by atoms with Crippen molar-refractivity contribution in [2.24, 2.45) is 0 Å². The van der Waals surface area contributed by atoms with Crippen molar-refractivity contribution in [3.05, 3.63) is 64.2 Å². The molecular formula is C13H12FN3O3. The molecule has 2 aromatic rings. The summed E-state index contributed by atoms with van der Waals surface area (Å²) in [5, 5.41) is 13.1. The molecule has 20 heavy (non-hydrogen) atoms. The lowest BCUT2D eigenvalue weighted by molar-refractivity contribution is -0.387. The van der Waals surface area contributed by atoms with E-state index < -0.39 is 22.3 Å². The van der Waals surface area contributed by atoms with Crippen molar-refractivity contribution in [3.63, 3.8) is 0 Å². The summed E-state index contributed by atoms with van der Waals surface area (Å²) in [5.74, 6) is -1.49. The van der Waals surface area contributed by atoms with Gasteiger partial charge in [0.2, 0.25) is 5.82 Å². The Morgan fingerprint density at radius 1 is 1.35 bits per heavy atom. The van der Waals surface area contributed by atoms with Crippen molar-refractivity contribution in [3.8, 4) is 0 Å². The van der Waals surface area contributed by atoms with Crippen LogP contribution in [0.3, 0.4) is 0 Å². The van der Waals surface area contributed by atoms with Crippen LogP contribution in [-0.4, -0.2) is 21.9 Å². The second-order valence-electron chi connectivity index (χ2n) is 4.10. The third-order valence-electron chi connectivity index (χ3n) is 2.73. The number of carbonyl (C=O) groups is 1. The number of rotatable bonds is 5. The predicted octanol–water partition coefficient (Wildman–Crippen LogP) is 1.97. The van der Waals surface area contributed by atoms with E-state index >= 15 is 0 Å². The van der Waals surface area contributed by atoms with E-state index in [2.05, 4.69) is 5.32 Å². The monoisotopic (exact) mass is 277 g/mol. The van der Waals surface area contributed by atoms with Gasteiger partial charge in [-0.2, -0.15) is 4.39 Å². The van der Waals surface area contributed by atoms with Crippen molar-refractivity contribution in [2.75, 3.05) is 6.54 Å². The first kappa shape index (κ1) is 13.7. The number of nitrogens with one attached hydrogen (secondary N) is 1. The molecule has 7 heteroatoms. The molecule has 1 amide bonds. The fourth-order valence-electron chi connectivity index (χ4n) is 1.72. The smallest absolute Gasteiger partial charge is 0.304 e. The summed E-state index contributed by atoms with van der Waals surface area (Å²) in [6.07, 6.45) is 3.72. The SMILES string of the molecule is O=C(NCCn1cccc1)c1ccc([N+](=O)[O-])c(F)c1. The molecule has 0 aliphatic carbocycles. The lowest BCUT2D eigenvalue weighted by atomic mass is 10.2. The van der Waals surface area contributed by atoms with E-state index in [4.69, 9.17) is 0 Å². The number of hydrogen-bond donors (Lipinski definition) is 1. The Balaban J connectivity index is 1.95. The Kier molecular flexibility index (Phi) is 4.09. The molecule has 1 N–H and O–H groups in total. The first-order chi connectivity index (χ1) is 9.58. The minimum absolute atomic E-state index is 0.0561. The normalized spacial score (nSPS) is 10.2. The van der Waals surface area contributed by atoms with E-state index in [1.807, 2.05) is 29.1 Å². The van der Waals surface area contributed by atoms with Crippen LogP contribution in [0.15, 0.2) is 42.7 Å². The molecule has 0 aliphatic rings. The predicted molar refractivity (Wildman–Crippen MR) is 69.8 cm³/mol. The van der Waals surface area contributed by atoms with E-state index in [0.717, 1.165) is 12.1 Å². The largest absolute Gasteiger partial charge is 0.353 e. The minimum Gasteiger partial charge on any atom is -0.353 e. The molecule has 0 spiro atoms. The van der Waals surface area contributed by atoms with Crippen molar-refractivity contribution in [1.82, 2.24) is 9.88 Å². The summed E-state index contributed by atoms with van der Waals surface area (Å²) in [6.45, 7) is 0.973. The number of nitro groups is 1. The zero-order chi connectivity index (χ0) is 14.5. The molecule has 0 fully saturated rings. The van der Waals surface area contributed by atoms with Crippen molar-refractivity contribution < 1.29 is 14.1 Å². The molecule has 0 atom stereocenters. The van der Waals surface area contributed by atoms with Gasteiger partial charge in [0, 0.05) is 37.1 Å². The molecule has 2 rings (SSSR count). The summed E-state index contributed by atoms with van der Waals surface area (Å²) in [4.78, 5) is 21.4. The zero-order valence-electron chi connectivity index (χ0n) is 10.5. The Hall–Kier alpha value is -2.70. The quantitative estimate of drug-likeness (QED) is 0.670. The standard InChI is InChI=1S/C13H12FN3O3/c14-11-9-10(3-4-12(11)17(19)20)13(18)15-5-8-16-6-1-2-7-16/h1-4,6-7,9H,5,8H2,(H,15,18). The molecule has 1 heterocycles. The Morgan fingerprint density at radius 2 is 2.05 bits per heavy atom. The van der Waals surface area contributed by atoms with Gasteiger partial charge in [-0.3, -0.25) is 14.9 Å². The minimum atomic E-state index is -1.02. The van der Waals surface area contributed by atoms with E-state index in [-0.39, 0.29) is 5.56 Å². The van der Waals surface area contributed by atoms with Crippen LogP contribution in [-0.2, 0) is 6.54 Å². The van der Waals surface area contributed by atoms with Crippen LogP contribution in [0.4, 0.5) is 10.1 Å². The van der Waals surface area contributed by atoms with Crippen molar-refractivity contribution >= 4 is 11.6 Å². The Morgan fingerprint density at radius 3 is 2.65 bits per heavy atom. The number of amides is 1. The van der Waals surface area contributed by atoms with Gasteiger partial charge in [0.25, 0.3) is 5.91 Å². The molecule has 1 aromatic carbocycles. The van der Waals surface area contributed by atoms with Gasteiger partial charge >= 0.3 is 5.69 Å². The topological polar surface area (TPSA) is 77.2 Å². The average molecular weight is 277 g/mol. The molecule has 0 saturated carbocycles. The van der Waals surface area contributed by atoms with Crippen LogP contribution < -0.4 is 5.32 Å². The first-order valence-electron chi connectivity index (χ1n) is 5.91. The van der Waals surface area contributed by atoms with Crippen LogP contribution in [0.2, 0.25) is 0 Å². The van der Waals surface area contributed by atoms with Gasteiger partial charge in [-0.05, 0) is 24.3 Å². The number of halogens is 1. The fraction of sp³-hybridized carbons (Fsp3) is 0.154. The van der Waals surface area contributed by atoms with E-state index in [9.17, 15) is 19.3 Å². The fourth-order valence-corrected chi connectivity index (χ4v) is 1.72. The summed E-state index contributed by atoms with van der Waals surface area (Å²) in [6, 6.07) is 6.81. The summed E-state index contributed by atoms with van der Waals surface area (Å²) < 4.78 is 15.3. The first-order valence-corrected chi connectivity index (χ1v) is 5.91. The molecular weight excluding hydrogens is 265 g/mol. The highest BCUT2D eigenvalue weighted by atomic mass is 19.1. The van der Waals surface area contributed by atoms with E-state index in [1.54, 1.807) is 0 Å². The number of benzene rings is 1. The number of aromatic nitrogens is 1. The van der Waals surface area contributed by atoms with Gasteiger partial charge in [0.1, 0.15) is 0 Å². The lowest BCUT2D eigenvalue weighted by Gasteiger charge is -2.06. The van der Waals surface area contributed by atoms with Gasteiger partial charge in [0.15, 0.2) is 0 Å². The molecule has 6 nitrogen and oxygen atoms in total. The van der Waals surface area contributed by atoms with Crippen LogP contribution >= 0.6 is 0 Å². The van der Waals surface area contributed by atoms with Crippen molar-refractivity contribution in [2.45, 2.75) is 6.54 Å². The molecule has 0 radical (unpaired) electrons. The molecule has 0 aliphatic heterocycles. The van der Waals surface area contributed by atoms with E-state index in [0.29, 0.717) is 13.1 Å². The number of nitrogens with zero attached hydrogens (tertiary/aromatic N) is 2. The van der Waals surface area contributed by atoms with Gasteiger partial charge in [0.05, 0.1) is 4.92 Å². The highest BCUT2D eigenvalue weighted by Gasteiger charge is 2.16. The summed E-state index contributed by atoms with van der Waals surface area (Å²) in [5.41, 5.74) is -0.588. The second kappa shape index (κ2) is 5.96. The summed E-state index contributed by atoms with van der Waals surface area (Å²) in [7, 11) is 0. The third-order valence-corrected chi connectivity index (χ3v) is 2.73. The van der Waals surface area contributed by atoms with Gasteiger partial charge in [-0.25, -0.2) is 0 Å². The maximum Gasteiger partial charge on any atom is 0.304 e. The lowest BCUT2D eigenvalue weighted by Crippen LogP contribution is -2.27. The van der Waals surface area contributed by atoms with E-state index in [1.165, 1.54) is 6.07 Å². The molecule has 0 unspecified atom stereocenters. The number of nitro benzene ring substituents is 1. The molecule has 0 saturated heterocycles. The Bertz CT molecular complexity index is 626. The number of hydrogen-bond acceptors (Lipinski definition) is 3. The highest BCUT2D eigenvalue weighted by molar-refractivity contribution is 5.94. The van der Waals surface area contributed by atoms with Crippen LogP contribution in [0.25, 0.3) is 0 Å². The Labute approximate surface area is 114 Å². The summed E-state index contributed by atoms with van der Waals surface area (Å²) >= 11 is 0. The molecule has 1 aromatic heterocycles. The maximum atomic E-state index is 13.4. The third kappa shape index (κ3) is 3.19. The van der Waals surface area contributed by atoms with Crippen LogP contribution in [0, 0.1) is 15.9 Å². The van der Waals surface area contributed by atoms with Crippen molar-refractivity contribution in [1.29, 1.82) is 0 Å². The molecule has 104 valence electrons. The van der Waals surface area contributed by atoms with Crippen LogP contribution in [0.5, 0.6) is 0 Å². The highest BCUT2D eigenvalue weighted by Crippen LogP contribution is 2.17. The van der Waals surface area contributed by atoms with Gasteiger partial charge < -0.3 is 9.88 Å². The van der Waals surface area contributed by atoms with Crippen LogP contribution in [0.1, 0.15) is 10.4 Å². The van der Waals surface area contributed by atoms with Gasteiger partial charge in [-0.1, -0.05) is 0 Å². The molecule has 0 bridgehead atoms. The average Bonchev–Trinajstić information content (AvgIpc) is 2.91. The second-order valence-corrected chi connectivity index (χ2v) is 4.10. The zero-order valence-corrected chi connectivity index (χ0v) is 10.5. The van der Waals surface area contributed by atoms with Gasteiger partial charge in [-0.15, -0.1) is 0 Å². The maximum absolute atomic E-state index is 13.4. The number of carbonyl (C=O) groups excluding carboxylic acids is 1.